The van der Waals surface area contributed by atoms with Crippen LogP contribution in [0.2, 0.25) is 0 Å². The number of ether oxygens (including phenoxy) is 1. The Labute approximate surface area is 75.9 Å². The zero-order chi connectivity index (χ0) is 9.90. The van der Waals surface area contributed by atoms with Crippen molar-refractivity contribution in [3.63, 3.8) is 0 Å². The molecule has 13 heavy (non-hydrogen) atoms. The third-order valence-corrected chi connectivity index (χ3v) is 1.50. The lowest BCUT2D eigenvalue weighted by Crippen LogP contribution is -2.50. The zero-order valence-corrected chi connectivity index (χ0v) is 7.23. The zero-order valence-electron chi connectivity index (χ0n) is 7.23. The third-order valence-electron chi connectivity index (χ3n) is 1.50. The normalized spacial score (nSPS) is 14.6. The lowest BCUT2D eigenvalue weighted by atomic mass is 10.3. The molecule has 0 saturated carbocycles. The third kappa shape index (κ3) is 2.45. The molecule has 0 aromatic heterocycles. The molecular formula is C9H11NO3. The maximum absolute atomic E-state index is 10.6. The number of aliphatic carboxylic acids is 1. The molecule has 0 amide bonds. The molecular weight excluding hydrogens is 170 g/mol. The summed E-state index contributed by atoms with van der Waals surface area (Å²) >= 11 is 0. The molecule has 70 valence electrons. The first-order chi connectivity index (χ1) is 6.02. The number of benzene rings is 1. The Morgan fingerprint density at radius 2 is 2.00 bits per heavy atom. The lowest BCUT2D eigenvalue weighted by Gasteiger charge is -2.20. The molecule has 1 aromatic carbocycles. The number of hydrogen-bond donors (Lipinski definition) is 2. The van der Waals surface area contributed by atoms with Crippen molar-refractivity contribution in [3.05, 3.63) is 30.3 Å². The van der Waals surface area contributed by atoms with Gasteiger partial charge in [-0.1, -0.05) is 18.2 Å². The Hall–Kier alpha value is -1.55. The van der Waals surface area contributed by atoms with Gasteiger partial charge in [0.15, 0.2) is 0 Å². The van der Waals surface area contributed by atoms with E-state index in [-0.39, 0.29) is 0 Å². The number of nitrogens with two attached hydrogens (primary N) is 1. The molecule has 0 spiro atoms. The van der Waals surface area contributed by atoms with Gasteiger partial charge >= 0.3 is 5.97 Å². The van der Waals surface area contributed by atoms with Gasteiger partial charge in [-0.25, -0.2) is 4.79 Å². The predicted octanol–water partition coefficient (Wildman–Crippen LogP) is 0.825. The molecule has 4 nitrogen and oxygen atoms in total. The smallest absolute Gasteiger partial charge is 0.363 e. The van der Waals surface area contributed by atoms with Gasteiger partial charge in [0, 0.05) is 6.92 Å². The van der Waals surface area contributed by atoms with E-state index in [0.717, 1.165) is 0 Å². The average molecular weight is 181 g/mol. The van der Waals surface area contributed by atoms with Crippen molar-refractivity contribution in [2.24, 2.45) is 5.73 Å². The quantitative estimate of drug-likeness (QED) is 0.677. The van der Waals surface area contributed by atoms with Gasteiger partial charge < -0.3 is 9.84 Å². The van der Waals surface area contributed by atoms with Gasteiger partial charge in [0.25, 0.3) is 5.72 Å². The monoisotopic (exact) mass is 181 g/mol. The Morgan fingerprint density at radius 1 is 1.46 bits per heavy atom. The summed E-state index contributed by atoms with van der Waals surface area (Å²) in [5.74, 6) is -0.758. The van der Waals surface area contributed by atoms with Crippen LogP contribution < -0.4 is 10.5 Å². The van der Waals surface area contributed by atoms with Gasteiger partial charge in [0.05, 0.1) is 0 Å². The van der Waals surface area contributed by atoms with Gasteiger partial charge in [-0.05, 0) is 12.1 Å². The van der Waals surface area contributed by atoms with Crippen LogP contribution in [0.15, 0.2) is 30.3 Å². The van der Waals surface area contributed by atoms with Gasteiger partial charge in [0.2, 0.25) is 0 Å². The number of hydrogen-bond acceptors (Lipinski definition) is 3. The molecule has 0 aliphatic carbocycles. The topological polar surface area (TPSA) is 72.5 Å². The number of carboxylic acids is 1. The first-order valence-electron chi connectivity index (χ1n) is 3.79. The minimum Gasteiger partial charge on any atom is -0.477 e. The van der Waals surface area contributed by atoms with Crippen molar-refractivity contribution in [2.45, 2.75) is 12.6 Å². The second-order valence-electron chi connectivity index (χ2n) is 2.83. The van der Waals surface area contributed by atoms with Crippen LogP contribution in [-0.4, -0.2) is 16.8 Å². The van der Waals surface area contributed by atoms with E-state index >= 15 is 0 Å². The Kier molecular flexibility index (Phi) is 2.53. The molecule has 0 aliphatic heterocycles. The number of rotatable bonds is 3. The van der Waals surface area contributed by atoms with E-state index in [9.17, 15) is 4.79 Å². The van der Waals surface area contributed by atoms with Crippen LogP contribution in [0.4, 0.5) is 0 Å². The highest BCUT2D eigenvalue weighted by atomic mass is 16.5. The van der Waals surface area contributed by atoms with Crippen LogP contribution in [0.5, 0.6) is 5.75 Å². The van der Waals surface area contributed by atoms with Crippen molar-refractivity contribution in [3.8, 4) is 5.75 Å². The second-order valence-corrected chi connectivity index (χ2v) is 2.83. The maximum atomic E-state index is 10.6. The van der Waals surface area contributed by atoms with Crippen molar-refractivity contribution in [1.82, 2.24) is 0 Å². The molecule has 0 heterocycles. The predicted molar refractivity (Wildman–Crippen MR) is 47.3 cm³/mol. The fraction of sp³-hybridized carbons (Fsp3) is 0.222. The maximum Gasteiger partial charge on any atom is 0.363 e. The molecule has 1 rings (SSSR count). The summed E-state index contributed by atoms with van der Waals surface area (Å²) in [4.78, 5) is 10.6. The highest BCUT2D eigenvalue weighted by molar-refractivity contribution is 5.76. The van der Waals surface area contributed by atoms with E-state index in [1.165, 1.54) is 6.92 Å². The molecule has 1 unspecified atom stereocenters. The first kappa shape index (κ1) is 9.54. The van der Waals surface area contributed by atoms with Gasteiger partial charge in [-0.2, -0.15) is 0 Å². The van der Waals surface area contributed by atoms with E-state index < -0.39 is 11.7 Å². The largest absolute Gasteiger partial charge is 0.477 e. The van der Waals surface area contributed by atoms with Gasteiger partial charge in [-0.15, -0.1) is 0 Å². The average Bonchev–Trinajstić information content (AvgIpc) is 2.05. The minimum atomic E-state index is -1.68. The Morgan fingerprint density at radius 3 is 2.46 bits per heavy atom. The fourth-order valence-corrected chi connectivity index (χ4v) is 0.777. The van der Waals surface area contributed by atoms with Crippen LogP contribution in [-0.2, 0) is 4.79 Å². The molecule has 1 aromatic rings. The van der Waals surface area contributed by atoms with E-state index in [1.807, 2.05) is 6.07 Å². The van der Waals surface area contributed by atoms with E-state index in [4.69, 9.17) is 15.6 Å². The van der Waals surface area contributed by atoms with Crippen molar-refractivity contribution < 1.29 is 14.6 Å². The molecule has 3 N–H and O–H groups in total. The molecule has 0 radical (unpaired) electrons. The summed E-state index contributed by atoms with van der Waals surface area (Å²) in [6.07, 6.45) is 0. The van der Waals surface area contributed by atoms with Crippen molar-refractivity contribution in [1.29, 1.82) is 0 Å². The lowest BCUT2D eigenvalue weighted by molar-refractivity contribution is -0.153. The molecule has 4 heteroatoms. The SMILES string of the molecule is CC(N)(Oc1ccccc1)C(=O)O. The first-order valence-corrected chi connectivity index (χ1v) is 3.79. The molecule has 0 fully saturated rings. The highest BCUT2D eigenvalue weighted by Crippen LogP contribution is 2.14. The van der Waals surface area contributed by atoms with Crippen molar-refractivity contribution in [2.75, 3.05) is 0 Å². The standard InChI is InChI=1S/C9H11NO3/c1-9(10,8(11)12)13-7-5-3-2-4-6-7/h2-6H,10H2,1H3,(H,11,12). The van der Waals surface area contributed by atoms with E-state index in [0.29, 0.717) is 5.75 Å². The minimum absolute atomic E-state index is 0.440. The van der Waals surface area contributed by atoms with Crippen molar-refractivity contribution >= 4 is 5.97 Å². The molecule has 1 atom stereocenters. The van der Waals surface area contributed by atoms with Gasteiger partial charge in [0.1, 0.15) is 5.75 Å². The Bertz CT molecular complexity index is 295. The summed E-state index contributed by atoms with van der Waals surface area (Å²) in [7, 11) is 0. The summed E-state index contributed by atoms with van der Waals surface area (Å²) in [5.41, 5.74) is 3.69. The summed E-state index contributed by atoms with van der Waals surface area (Å²) in [6, 6.07) is 8.59. The van der Waals surface area contributed by atoms with Crippen LogP contribution >= 0.6 is 0 Å². The van der Waals surface area contributed by atoms with Crippen LogP contribution in [0.25, 0.3) is 0 Å². The summed E-state index contributed by atoms with van der Waals surface area (Å²) in [6.45, 7) is 1.29. The molecule has 0 saturated heterocycles. The Balaban J connectivity index is 2.75. The van der Waals surface area contributed by atoms with Crippen LogP contribution in [0.1, 0.15) is 6.92 Å². The van der Waals surface area contributed by atoms with Crippen LogP contribution in [0, 0.1) is 0 Å². The summed E-state index contributed by atoms with van der Waals surface area (Å²) in [5, 5.41) is 8.65. The number of carboxylic acid groups (broad SMARTS) is 1. The summed E-state index contributed by atoms with van der Waals surface area (Å²) < 4.78 is 5.04. The highest BCUT2D eigenvalue weighted by Gasteiger charge is 2.29. The second kappa shape index (κ2) is 3.45. The van der Waals surface area contributed by atoms with E-state index in [1.54, 1.807) is 24.3 Å². The number of carbonyl (C=O) groups is 1. The van der Waals surface area contributed by atoms with Crippen LogP contribution in [0.3, 0.4) is 0 Å². The molecule has 0 bridgehead atoms. The number of para-hydroxylation sites is 1. The van der Waals surface area contributed by atoms with Gasteiger partial charge in [-0.3, -0.25) is 5.73 Å². The molecule has 0 aliphatic rings. The van der Waals surface area contributed by atoms with E-state index in [2.05, 4.69) is 0 Å². The fourth-order valence-electron chi connectivity index (χ4n) is 0.777.